The third-order valence-corrected chi connectivity index (χ3v) is 2.99. The Labute approximate surface area is 88.2 Å². The molecule has 0 aliphatic rings. The van der Waals surface area contributed by atoms with Crippen molar-refractivity contribution in [3.63, 3.8) is 0 Å². The summed E-state index contributed by atoms with van der Waals surface area (Å²) in [5.41, 5.74) is 0. The van der Waals surface area contributed by atoms with Crippen molar-refractivity contribution in [1.82, 2.24) is 4.98 Å². The van der Waals surface area contributed by atoms with E-state index in [2.05, 4.69) is 4.98 Å². The van der Waals surface area contributed by atoms with E-state index in [1.54, 1.807) is 0 Å². The van der Waals surface area contributed by atoms with Crippen molar-refractivity contribution < 1.29 is 0 Å². The van der Waals surface area contributed by atoms with E-state index in [-0.39, 0.29) is 25.4 Å². The molecule has 0 unspecified atom stereocenters. The number of rotatable bonds is 0. The fourth-order valence-electron chi connectivity index (χ4n) is 0.462. The van der Waals surface area contributed by atoms with E-state index in [1.807, 2.05) is 0 Å². The number of aromatic nitrogens is 1. The van der Waals surface area contributed by atoms with Crippen LogP contribution in [0.25, 0.3) is 0 Å². The molecular formula is C5Cl5N. The Bertz CT molecular complexity index is 271. The zero-order valence-corrected chi connectivity index (χ0v) is 8.62. The van der Waals surface area contributed by atoms with Gasteiger partial charge in [-0.1, -0.05) is 58.0 Å². The first-order chi connectivity index (χ1) is 5.04. The van der Waals surface area contributed by atoms with Crippen LogP contribution in [0.15, 0.2) is 0 Å². The second-order valence-corrected chi connectivity index (χ2v) is 3.49. The molecule has 11 heavy (non-hydrogen) atoms. The number of halogens is 5. The fraction of sp³-hybridized carbons (Fsp3) is 0. The summed E-state index contributed by atoms with van der Waals surface area (Å²) in [6.45, 7) is 0. The van der Waals surface area contributed by atoms with E-state index in [1.165, 1.54) is 0 Å². The maximum atomic E-state index is 5.62. The first-order valence-corrected chi connectivity index (χ1v) is 4.28. The van der Waals surface area contributed by atoms with Gasteiger partial charge in [-0.2, -0.15) is 0 Å². The Morgan fingerprint density at radius 1 is 0.636 bits per heavy atom. The van der Waals surface area contributed by atoms with Gasteiger partial charge in [0.05, 0.1) is 15.1 Å². The molecule has 0 aromatic carbocycles. The summed E-state index contributed by atoms with van der Waals surface area (Å²) in [6, 6.07) is 0. The molecule has 0 radical (unpaired) electrons. The van der Waals surface area contributed by atoms with Crippen molar-refractivity contribution in [2.75, 3.05) is 0 Å². The van der Waals surface area contributed by atoms with E-state index >= 15 is 0 Å². The first kappa shape index (κ1) is 9.69. The summed E-state index contributed by atoms with van der Waals surface area (Å²) >= 11 is 27.8. The zero-order valence-electron chi connectivity index (χ0n) is 4.84. The standard InChI is InChI=1S/C5Cl5N/c6-1-2(7)4(9)11-5(10)3(1)8/i4+1,5+1,11+1. The fourth-order valence-corrected chi connectivity index (χ4v) is 1.46. The molecule has 0 aliphatic carbocycles. The van der Waals surface area contributed by atoms with Crippen LogP contribution in [-0.4, -0.2) is 4.98 Å². The second-order valence-electron chi connectivity index (χ2n) is 1.64. The summed E-state index contributed by atoms with van der Waals surface area (Å²) in [7, 11) is 0. The number of hydrogen-bond donors (Lipinski definition) is 0. The molecule has 0 fully saturated rings. The van der Waals surface area contributed by atoms with Gasteiger partial charge in [0.25, 0.3) is 0 Å². The molecule has 0 N–H and O–H groups in total. The lowest BCUT2D eigenvalue weighted by Crippen LogP contribution is -1.82. The van der Waals surface area contributed by atoms with E-state index in [0.29, 0.717) is 0 Å². The number of hydrogen-bond acceptors (Lipinski definition) is 1. The third-order valence-electron chi connectivity index (χ3n) is 0.944. The average Bonchev–Trinajstić information content (AvgIpc) is 1.97. The Morgan fingerprint density at radius 2 is 1.00 bits per heavy atom. The van der Waals surface area contributed by atoms with E-state index in [0.717, 1.165) is 0 Å². The van der Waals surface area contributed by atoms with Crippen molar-refractivity contribution in [3.8, 4) is 0 Å². The monoisotopic (exact) mass is 252 g/mol. The van der Waals surface area contributed by atoms with Crippen LogP contribution in [0.5, 0.6) is 0 Å². The van der Waals surface area contributed by atoms with E-state index in [9.17, 15) is 0 Å². The van der Waals surface area contributed by atoms with Crippen LogP contribution in [0.4, 0.5) is 0 Å². The summed E-state index contributed by atoms with van der Waals surface area (Å²) in [6.07, 6.45) is 0. The van der Waals surface area contributed by atoms with E-state index < -0.39 is 0 Å². The minimum atomic E-state index is 0.0473. The Morgan fingerprint density at radius 3 is 1.36 bits per heavy atom. The first-order valence-electron chi connectivity index (χ1n) is 2.39. The van der Waals surface area contributed by atoms with Crippen molar-refractivity contribution >= 4 is 58.0 Å². The highest BCUT2D eigenvalue weighted by Crippen LogP contribution is 2.37. The predicted molar refractivity (Wildman–Crippen MR) is 49.3 cm³/mol. The van der Waals surface area contributed by atoms with Crippen LogP contribution in [-0.2, 0) is 0 Å². The lowest BCUT2D eigenvalue weighted by molar-refractivity contribution is 1.33. The van der Waals surface area contributed by atoms with Crippen LogP contribution >= 0.6 is 58.0 Å². The van der Waals surface area contributed by atoms with E-state index in [4.69, 9.17) is 58.0 Å². The van der Waals surface area contributed by atoms with Gasteiger partial charge in [0.2, 0.25) is 0 Å². The lowest BCUT2D eigenvalue weighted by atomic mass is 10.6. The highest BCUT2D eigenvalue weighted by Gasteiger charge is 2.12. The van der Waals surface area contributed by atoms with Gasteiger partial charge in [0.1, 0.15) is 0 Å². The van der Waals surface area contributed by atoms with Gasteiger partial charge < -0.3 is 0 Å². The molecule has 1 aromatic heterocycles. The van der Waals surface area contributed by atoms with Crippen molar-refractivity contribution in [3.05, 3.63) is 25.4 Å². The molecule has 0 saturated carbocycles. The summed E-state index contributed by atoms with van der Waals surface area (Å²) in [4.78, 5) is 3.62. The quantitative estimate of drug-likeness (QED) is 0.627. The smallest absolute Gasteiger partial charge is 0.151 e. The van der Waals surface area contributed by atoms with Gasteiger partial charge >= 0.3 is 0 Å². The molecular weight excluding hydrogens is 254 g/mol. The predicted octanol–water partition coefficient (Wildman–Crippen LogP) is 4.35. The molecule has 1 rings (SSSR count). The molecule has 6 heteroatoms. The summed E-state index contributed by atoms with van der Waals surface area (Å²) in [5, 5.41) is 0.445. The van der Waals surface area contributed by atoms with Gasteiger partial charge in [-0.3, -0.25) is 0 Å². The number of nitrogens with zero attached hydrogens (tertiary/aromatic N) is 1. The van der Waals surface area contributed by atoms with Gasteiger partial charge in [-0.05, 0) is 0 Å². The minimum absolute atomic E-state index is 0.0473. The normalized spacial score (nSPS) is 10.3. The molecule has 1 aromatic rings. The minimum Gasteiger partial charge on any atom is -0.221 e. The van der Waals surface area contributed by atoms with Crippen molar-refractivity contribution in [2.24, 2.45) is 0 Å². The highest BCUT2D eigenvalue weighted by atomic mass is 35.5. The molecule has 0 bridgehead atoms. The van der Waals surface area contributed by atoms with Gasteiger partial charge in [-0.25, -0.2) is 4.98 Å². The van der Waals surface area contributed by atoms with Crippen molar-refractivity contribution in [2.45, 2.75) is 0 Å². The molecule has 0 amide bonds. The molecule has 0 saturated heterocycles. The maximum Gasteiger partial charge on any atom is 0.151 e. The molecule has 60 valence electrons. The SMILES string of the molecule is Clc1c(Cl)[13c](Cl)[15n][13c](Cl)c1Cl. The molecule has 0 atom stereocenters. The summed E-state index contributed by atoms with van der Waals surface area (Å²) in [5.74, 6) is 0. The average molecular weight is 254 g/mol. The molecule has 0 aliphatic heterocycles. The lowest BCUT2D eigenvalue weighted by Gasteiger charge is -2.01. The second kappa shape index (κ2) is 3.55. The van der Waals surface area contributed by atoms with Crippen LogP contribution < -0.4 is 0 Å². The van der Waals surface area contributed by atoms with Crippen LogP contribution in [0.1, 0.15) is 0 Å². The van der Waals surface area contributed by atoms with Crippen molar-refractivity contribution in [1.29, 1.82) is 0 Å². The topological polar surface area (TPSA) is 12.9 Å². The Balaban J connectivity index is 3.46. The highest BCUT2D eigenvalue weighted by molar-refractivity contribution is 6.53. The zero-order chi connectivity index (χ0) is 8.59. The van der Waals surface area contributed by atoms with Gasteiger partial charge in [0, 0.05) is 0 Å². The maximum absolute atomic E-state index is 5.62. The summed E-state index contributed by atoms with van der Waals surface area (Å²) < 4.78 is 0. The number of pyridine rings is 1. The largest absolute Gasteiger partial charge is 0.221 e. The molecule has 1 heterocycles. The molecule has 0 spiro atoms. The Hall–Kier alpha value is 0.600. The third kappa shape index (κ3) is 1.85. The van der Waals surface area contributed by atoms with Crippen LogP contribution in [0, 0.1) is 0 Å². The van der Waals surface area contributed by atoms with Gasteiger partial charge in [0.15, 0.2) is 10.3 Å². The Kier molecular flexibility index (Phi) is 3.12. The van der Waals surface area contributed by atoms with Crippen LogP contribution in [0.3, 0.4) is 0 Å². The molecule has 1 nitrogen and oxygen atoms in total. The van der Waals surface area contributed by atoms with Gasteiger partial charge in [-0.15, -0.1) is 0 Å². The van der Waals surface area contributed by atoms with Crippen LogP contribution in [0.2, 0.25) is 25.4 Å².